The Morgan fingerprint density at radius 3 is 3.07 bits per heavy atom. The highest BCUT2D eigenvalue weighted by Gasteiger charge is 2.02. The Kier molecular flexibility index (Phi) is 5.04. The minimum atomic E-state index is -0.401. The number of anilines is 1. The lowest BCUT2D eigenvalue weighted by molar-refractivity contribution is 0.624. The molecule has 0 aliphatic heterocycles. The number of nitrogens with one attached hydrogen (secondary N) is 1. The Morgan fingerprint density at radius 1 is 1.64 bits per heavy atom. The lowest BCUT2D eigenvalue weighted by atomic mass is 10.4. The van der Waals surface area contributed by atoms with Crippen LogP contribution in [-0.4, -0.2) is 23.5 Å². The minimum absolute atomic E-state index is 0.274. The minimum Gasteiger partial charge on any atom is -0.368 e. The van der Waals surface area contributed by atoms with Gasteiger partial charge in [0.2, 0.25) is 0 Å². The molecule has 0 aromatic carbocycles. The standard InChI is InChI=1S/C9H12ClFN2S/c1-14-4-2-3-12-9-8(11)5-7(10)6-13-9/h5-6H,2-4H2,1H3,(H,12,13). The van der Waals surface area contributed by atoms with E-state index in [1.54, 1.807) is 11.8 Å². The molecule has 0 spiro atoms. The summed E-state index contributed by atoms with van der Waals surface area (Å²) in [6.07, 6.45) is 4.47. The molecule has 1 heterocycles. The molecule has 0 fully saturated rings. The Bertz CT molecular complexity index is 296. The van der Waals surface area contributed by atoms with Crippen LogP contribution in [0.2, 0.25) is 5.02 Å². The predicted octanol–water partition coefficient (Wildman–Crippen LogP) is 3.04. The van der Waals surface area contributed by atoms with E-state index in [0.717, 1.165) is 18.7 Å². The summed E-state index contributed by atoms with van der Waals surface area (Å²) in [5.41, 5.74) is 0. The lowest BCUT2D eigenvalue weighted by Crippen LogP contribution is -2.05. The van der Waals surface area contributed by atoms with Crippen molar-refractivity contribution in [3.63, 3.8) is 0 Å². The SMILES string of the molecule is CSCCCNc1ncc(Cl)cc1F. The van der Waals surface area contributed by atoms with Crippen LogP contribution in [0, 0.1) is 5.82 Å². The van der Waals surface area contributed by atoms with Crippen molar-refractivity contribution in [2.45, 2.75) is 6.42 Å². The average Bonchev–Trinajstić information content (AvgIpc) is 2.15. The summed E-state index contributed by atoms with van der Waals surface area (Å²) in [5, 5.41) is 3.23. The van der Waals surface area contributed by atoms with Crippen LogP contribution in [0.15, 0.2) is 12.3 Å². The summed E-state index contributed by atoms with van der Waals surface area (Å²) in [5.74, 6) is 0.930. The second kappa shape index (κ2) is 6.09. The van der Waals surface area contributed by atoms with Crippen molar-refractivity contribution < 1.29 is 4.39 Å². The van der Waals surface area contributed by atoms with Crippen molar-refractivity contribution in [1.82, 2.24) is 4.98 Å². The van der Waals surface area contributed by atoms with Gasteiger partial charge in [-0.05, 0) is 24.5 Å². The molecule has 0 aliphatic carbocycles. The van der Waals surface area contributed by atoms with Gasteiger partial charge in [-0.3, -0.25) is 0 Å². The number of thioether (sulfide) groups is 1. The first-order valence-electron chi connectivity index (χ1n) is 4.28. The van der Waals surface area contributed by atoms with E-state index in [1.807, 2.05) is 6.26 Å². The van der Waals surface area contributed by atoms with Crippen molar-refractivity contribution >= 4 is 29.2 Å². The first-order chi connectivity index (χ1) is 6.74. The van der Waals surface area contributed by atoms with Crippen LogP contribution in [0.1, 0.15) is 6.42 Å². The quantitative estimate of drug-likeness (QED) is 0.793. The maximum atomic E-state index is 13.1. The summed E-state index contributed by atoms with van der Waals surface area (Å²) >= 11 is 7.34. The molecule has 0 atom stereocenters. The van der Waals surface area contributed by atoms with Crippen molar-refractivity contribution in [3.05, 3.63) is 23.1 Å². The van der Waals surface area contributed by atoms with Crippen LogP contribution in [-0.2, 0) is 0 Å². The molecule has 0 saturated heterocycles. The molecule has 2 nitrogen and oxygen atoms in total. The van der Waals surface area contributed by atoms with Gasteiger partial charge in [0.05, 0.1) is 5.02 Å². The number of nitrogens with zero attached hydrogens (tertiary/aromatic N) is 1. The summed E-state index contributed by atoms with van der Waals surface area (Å²) in [6.45, 7) is 0.729. The van der Waals surface area contributed by atoms with Gasteiger partial charge >= 0.3 is 0 Å². The van der Waals surface area contributed by atoms with Crippen molar-refractivity contribution in [3.8, 4) is 0 Å². The van der Waals surface area contributed by atoms with E-state index in [1.165, 1.54) is 12.3 Å². The number of rotatable bonds is 5. The molecular weight excluding hydrogens is 223 g/mol. The summed E-state index contributed by atoms with van der Waals surface area (Å²) < 4.78 is 13.1. The first kappa shape index (κ1) is 11.6. The van der Waals surface area contributed by atoms with Crippen LogP contribution in [0.3, 0.4) is 0 Å². The normalized spacial score (nSPS) is 10.2. The zero-order valence-electron chi connectivity index (χ0n) is 7.89. The third kappa shape index (κ3) is 3.72. The van der Waals surface area contributed by atoms with E-state index in [9.17, 15) is 4.39 Å². The third-order valence-electron chi connectivity index (χ3n) is 1.63. The number of halogens is 2. The molecule has 0 amide bonds. The van der Waals surface area contributed by atoms with E-state index < -0.39 is 5.82 Å². The van der Waals surface area contributed by atoms with Gasteiger partial charge in [0.25, 0.3) is 0 Å². The van der Waals surface area contributed by atoms with Crippen LogP contribution in [0.4, 0.5) is 10.2 Å². The van der Waals surface area contributed by atoms with Gasteiger partial charge in [-0.25, -0.2) is 9.37 Å². The maximum absolute atomic E-state index is 13.1. The van der Waals surface area contributed by atoms with E-state index >= 15 is 0 Å². The highest BCUT2D eigenvalue weighted by Crippen LogP contribution is 2.15. The summed E-state index contributed by atoms with van der Waals surface area (Å²) in [4.78, 5) is 3.85. The highest BCUT2D eigenvalue weighted by molar-refractivity contribution is 7.98. The topological polar surface area (TPSA) is 24.9 Å². The van der Waals surface area contributed by atoms with Gasteiger partial charge in [-0.1, -0.05) is 11.6 Å². The summed E-state index contributed by atoms with van der Waals surface area (Å²) in [7, 11) is 0. The predicted molar refractivity (Wildman–Crippen MR) is 60.7 cm³/mol. The van der Waals surface area contributed by atoms with Gasteiger partial charge in [0, 0.05) is 12.7 Å². The Balaban J connectivity index is 2.42. The number of aromatic nitrogens is 1. The molecular formula is C9H12ClFN2S. The fourth-order valence-corrected chi connectivity index (χ4v) is 1.55. The largest absolute Gasteiger partial charge is 0.368 e. The van der Waals surface area contributed by atoms with Gasteiger partial charge in [0.15, 0.2) is 11.6 Å². The fraction of sp³-hybridized carbons (Fsp3) is 0.444. The maximum Gasteiger partial charge on any atom is 0.166 e. The molecule has 5 heteroatoms. The summed E-state index contributed by atoms with van der Waals surface area (Å²) in [6, 6.07) is 1.26. The zero-order chi connectivity index (χ0) is 10.4. The molecule has 1 N–H and O–H groups in total. The zero-order valence-corrected chi connectivity index (χ0v) is 9.46. The lowest BCUT2D eigenvalue weighted by Gasteiger charge is -2.05. The van der Waals surface area contributed by atoms with Gasteiger partial charge in [-0.2, -0.15) is 11.8 Å². The molecule has 0 saturated carbocycles. The smallest absolute Gasteiger partial charge is 0.166 e. The first-order valence-corrected chi connectivity index (χ1v) is 6.05. The van der Waals surface area contributed by atoms with Crippen LogP contribution < -0.4 is 5.32 Å². The second-order valence-corrected chi connectivity index (χ2v) is 4.18. The molecule has 1 rings (SSSR count). The van der Waals surface area contributed by atoms with Crippen molar-refractivity contribution in [2.75, 3.05) is 23.9 Å². The Hall–Kier alpha value is -0.480. The van der Waals surface area contributed by atoms with E-state index in [4.69, 9.17) is 11.6 Å². The van der Waals surface area contributed by atoms with Gasteiger partial charge < -0.3 is 5.32 Å². The van der Waals surface area contributed by atoms with E-state index in [2.05, 4.69) is 10.3 Å². The van der Waals surface area contributed by atoms with E-state index in [-0.39, 0.29) is 5.82 Å². The Morgan fingerprint density at radius 2 is 2.43 bits per heavy atom. The van der Waals surface area contributed by atoms with Gasteiger partial charge in [0.1, 0.15) is 0 Å². The molecule has 1 aromatic rings. The van der Waals surface area contributed by atoms with Crippen LogP contribution in [0.25, 0.3) is 0 Å². The molecule has 14 heavy (non-hydrogen) atoms. The highest BCUT2D eigenvalue weighted by atomic mass is 35.5. The number of pyridine rings is 1. The molecule has 0 bridgehead atoms. The monoisotopic (exact) mass is 234 g/mol. The molecule has 1 aromatic heterocycles. The van der Waals surface area contributed by atoms with Gasteiger partial charge in [-0.15, -0.1) is 0 Å². The van der Waals surface area contributed by atoms with E-state index in [0.29, 0.717) is 5.02 Å². The number of hydrogen-bond donors (Lipinski definition) is 1. The average molecular weight is 235 g/mol. The van der Waals surface area contributed by atoms with Crippen molar-refractivity contribution in [1.29, 1.82) is 0 Å². The molecule has 0 radical (unpaired) electrons. The molecule has 78 valence electrons. The van der Waals surface area contributed by atoms with Crippen LogP contribution >= 0.6 is 23.4 Å². The Labute approximate surface area is 92.3 Å². The van der Waals surface area contributed by atoms with Crippen LogP contribution in [0.5, 0.6) is 0 Å². The fourth-order valence-electron chi connectivity index (χ4n) is 0.968. The van der Waals surface area contributed by atoms with Crippen molar-refractivity contribution in [2.24, 2.45) is 0 Å². The molecule has 0 aliphatic rings. The second-order valence-electron chi connectivity index (χ2n) is 2.76. The number of hydrogen-bond acceptors (Lipinski definition) is 3. The molecule has 0 unspecified atom stereocenters. The third-order valence-corrected chi connectivity index (χ3v) is 2.53.